The molecule has 0 spiro atoms. The van der Waals surface area contributed by atoms with Crippen molar-refractivity contribution in [1.29, 1.82) is 0 Å². The van der Waals surface area contributed by atoms with Gasteiger partial charge >= 0.3 is 30.1 Å². The third-order valence-corrected chi connectivity index (χ3v) is 5.70. The molecule has 226 valence electrons. The molecule has 16 heteroatoms. The van der Waals surface area contributed by atoms with Gasteiger partial charge in [-0.3, -0.25) is 14.4 Å². The second-order valence-corrected chi connectivity index (χ2v) is 9.26. The molecule has 3 amide bonds. The van der Waals surface area contributed by atoms with Crippen molar-refractivity contribution in [3.05, 3.63) is 58.7 Å². The molecule has 41 heavy (non-hydrogen) atoms. The van der Waals surface area contributed by atoms with Gasteiger partial charge in [-0.05, 0) is 43.0 Å². The van der Waals surface area contributed by atoms with E-state index in [4.69, 9.17) is 0 Å². The van der Waals surface area contributed by atoms with Crippen LogP contribution in [0.1, 0.15) is 52.1 Å². The van der Waals surface area contributed by atoms with Gasteiger partial charge in [0, 0.05) is 17.8 Å². The Kier molecular flexibility index (Phi) is 9.72. The zero-order chi connectivity index (χ0) is 31.6. The highest BCUT2D eigenvalue weighted by atomic mass is 19.4. The lowest BCUT2D eigenvalue weighted by atomic mass is 9.92. The Balaban J connectivity index is 2.52. The molecule has 0 heterocycles. The summed E-state index contributed by atoms with van der Waals surface area (Å²) in [7, 11) is 0. The number of aryl methyl sites for hydroxylation is 1. The summed E-state index contributed by atoms with van der Waals surface area (Å²) < 4.78 is 132. The van der Waals surface area contributed by atoms with Gasteiger partial charge in [0.15, 0.2) is 0 Å². The minimum atomic E-state index is -6.37. The number of anilines is 2. The van der Waals surface area contributed by atoms with Gasteiger partial charge in [-0.15, -0.1) is 0 Å². The average Bonchev–Trinajstić information content (AvgIpc) is 2.82. The molecule has 0 fully saturated rings. The van der Waals surface area contributed by atoms with Gasteiger partial charge in [0.1, 0.15) is 0 Å². The molecule has 6 nitrogen and oxygen atoms in total. The zero-order valence-electron chi connectivity index (χ0n) is 21.5. The summed E-state index contributed by atoms with van der Waals surface area (Å²) in [4.78, 5) is 37.5. The third-order valence-electron chi connectivity index (χ3n) is 5.70. The first-order valence-corrected chi connectivity index (χ1v) is 11.7. The summed E-state index contributed by atoms with van der Waals surface area (Å²) in [6.45, 7) is 4.62. The van der Waals surface area contributed by atoms with Crippen LogP contribution >= 0.6 is 0 Å². The SMILES string of the molecule is Cc1cc(C(F)(C(F)(F)F)C(F)(F)F)ccc1NC(=O)c1cccc(NC(=O)C(F)(F)F)c1C(=O)NCCC(C)C. The Morgan fingerprint density at radius 1 is 0.780 bits per heavy atom. The van der Waals surface area contributed by atoms with E-state index in [1.54, 1.807) is 0 Å². The van der Waals surface area contributed by atoms with Crippen molar-refractivity contribution < 1.29 is 58.3 Å². The van der Waals surface area contributed by atoms with Crippen LogP contribution in [0, 0.1) is 12.8 Å². The maximum absolute atomic E-state index is 14.4. The van der Waals surface area contributed by atoms with Gasteiger partial charge in [-0.1, -0.05) is 32.0 Å². The van der Waals surface area contributed by atoms with Crippen molar-refractivity contribution >= 4 is 29.1 Å². The number of alkyl halides is 10. The maximum atomic E-state index is 14.4. The van der Waals surface area contributed by atoms with Gasteiger partial charge in [0.05, 0.1) is 16.8 Å². The first kappa shape index (κ1) is 33.4. The van der Waals surface area contributed by atoms with Crippen molar-refractivity contribution in [2.75, 3.05) is 17.2 Å². The molecule has 0 aliphatic heterocycles. The van der Waals surface area contributed by atoms with E-state index in [0.717, 1.165) is 25.1 Å². The van der Waals surface area contributed by atoms with Crippen LogP contribution in [0.4, 0.5) is 55.3 Å². The Morgan fingerprint density at radius 2 is 1.37 bits per heavy atom. The Morgan fingerprint density at radius 3 is 1.85 bits per heavy atom. The summed E-state index contributed by atoms with van der Waals surface area (Å²) in [6, 6.07) is 3.85. The predicted molar refractivity (Wildman–Crippen MR) is 127 cm³/mol. The summed E-state index contributed by atoms with van der Waals surface area (Å²) in [6.07, 6.45) is -17.7. The molecule has 2 rings (SSSR count). The molecule has 0 bridgehead atoms. The number of hydrogen-bond donors (Lipinski definition) is 3. The van der Waals surface area contributed by atoms with E-state index < -0.39 is 75.5 Å². The number of rotatable bonds is 8. The predicted octanol–water partition coefficient (Wildman–Crippen LogP) is 6.81. The Bertz CT molecular complexity index is 1290. The molecule has 0 aliphatic carbocycles. The maximum Gasteiger partial charge on any atom is 0.471 e. The van der Waals surface area contributed by atoms with Crippen LogP contribution in [0.2, 0.25) is 0 Å². The van der Waals surface area contributed by atoms with Crippen molar-refractivity contribution in [3.8, 4) is 0 Å². The number of hydrogen-bond acceptors (Lipinski definition) is 3. The topological polar surface area (TPSA) is 87.3 Å². The fourth-order valence-electron chi connectivity index (χ4n) is 3.54. The van der Waals surface area contributed by atoms with E-state index in [0.29, 0.717) is 12.5 Å². The number of carbonyl (C=O) groups is 3. The number of halogens is 10. The van der Waals surface area contributed by atoms with Crippen LogP contribution in [0.15, 0.2) is 36.4 Å². The van der Waals surface area contributed by atoms with Crippen LogP contribution in [-0.4, -0.2) is 42.8 Å². The summed E-state index contributed by atoms with van der Waals surface area (Å²) in [5, 5.41) is 6.02. The Hall–Kier alpha value is -3.85. The molecule has 2 aromatic rings. The summed E-state index contributed by atoms with van der Waals surface area (Å²) in [5.74, 6) is -4.64. The normalized spacial score (nSPS) is 12.7. The quantitative estimate of drug-likeness (QED) is 0.290. The minimum absolute atomic E-state index is 0.0308. The second kappa shape index (κ2) is 11.9. The fourth-order valence-corrected chi connectivity index (χ4v) is 3.54. The molecule has 3 N–H and O–H groups in total. The van der Waals surface area contributed by atoms with Crippen LogP contribution in [0.25, 0.3) is 0 Å². The number of benzene rings is 2. The van der Waals surface area contributed by atoms with Gasteiger partial charge in [0.25, 0.3) is 11.8 Å². The average molecular weight is 603 g/mol. The van der Waals surface area contributed by atoms with Gasteiger partial charge in [-0.2, -0.15) is 39.5 Å². The van der Waals surface area contributed by atoms with Crippen LogP contribution in [0.3, 0.4) is 0 Å². The lowest BCUT2D eigenvalue weighted by Crippen LogP contribution is -2.50. The molecule has 0 unspecified atom stereocenters. The fraction of sp³-hybridized carbons (Fsp3) is 0.400. The van der Waals surface area contributed by atoms with Crippen molar-refractivity contribution in [2.45, 2.75) is 51.4 Å². The third kappa shape index (κ3) is 7.47. The Labute approximate surface area is 226 Å². The molecule has 0 aliphatic rings. The highest BCUT2D eigenvalue weighted by Crippen LogP contribution is 2.53. The summed E-state index contributed by atoms with van der Waals surface area (Å²) >= 11 is 0. The lowest BCUT2D eigenvalue weighted by molar-refractivity contribution is -0.348. The van der Waals surface area contributed by atoms with Crippen molar-refractivity contribution in [3.63, 3.8) is 0 Å². The minimum Gasteiger partial charge on any atom is -0.352 e. The zero-order valence-corrected chi connectivity index (χ0v) is 21.5. The monoisotopic (exact) mass is 603 g/mol. The van der Waals surface area contributed by atoms with E-state index in [1.807, 2.05) is 13.8 Å². The molecule has 0 atom stereocenters. The van der Waals surface area contributed by atoms with E-state index in [1.165, 1.54) is 5.32 Å². The second-order valence-electron chi connectivity index (χ2n) is 9.26. The van der Waals surface area contributed by atoms with Crippen LogP contribution in [0.5, 0.6) is 0 Å². The van der Waals surface area contributed by atoms with E-state index >= 15 is 0 Å². The van der Waals surface area contributed by atoms with Crippen LogP contribution in [-0.2, 0) is 10.5 Å². The smallest absolute Gasteiger partial charge is 0.352 e. The van der Waals surface area contributed by atoms with Crippen molar-refractivity contribution in [2.24, 2.45) is 5.92 Å². The van der Waals surface area contributed by atoms with Gasteiger partial charge in [-0.25, -0.2) is 4.39 Å². The van der Waals surface area contributed by atoms with Gasteiger partial charge in [0.2, 0.25) is 0 Å². The summed E-state index contributed by atoms with van der Waals surface area (Å²) in [5.41, 5.74) is -10.4. The van der Waals surface area contributed by atoms with E-state index in [-0.39, 0.29) is 24.6 Å². The highest BCUT2D eigenvalue weighted by molar-refractivity contribution is 6.16. The number of carbonyl (C=O) groups excluding carboxylic acids is 3. The van der Waals surface area contributed by atoms with Crippen molar-refractivity contribution in [1.82, 2.24) is 5.32 Å². The first-order valence-electron chi connectivity index (χ1n) is 11.7. The molecule has 0 saturated carbocycles. The number of nitrogens with one attached hydrogen (secondary N) is 3. The highest BCUT2D eigenvalue weighted by Gasteiger charge is 2.73. The molecular formula is C25H23F10N3O3. The molecule has 0 aromatic heterocycles. The standard InChI is InChI=1S/C25H23F10N3O3/c1-12(2)9-10-36-20(40)18-15(5-4-6-17(18)38-21(41)23(27,28)29)19(39)37-16-8-7-14(11-13(16)3)22(26,24(30,31)32)25(33,34)35/h4-8,11-12H,9-10H2,1-3H3,(H,36,40)(H,37,39)(H,38,41). The number of amides is 3. The molecule has 0 radical (unpaired) electrons. The molecular weight excluding hydrogens is 580 g/mol. The largest absolute Gasteiger partial charge is 0.471 e. The van der Waals surface area contributed by atoms with Crippen LogP contribution < -0.4 is 16.0 Å². The first-order chi connectivity index (χ1) is 18.6. The van der Waals surface area contributed by atoms with E-state index in [2.05, 4.69) is 10.6 Å². The molecule has 0 saturated heterocycles. The van der Waals surface area contributed by atoms with Gasteiger partial charge < -0.3 is 16.0 Å². The van der Waals surface area contributed by atoms with E-state index in [9.17, 15) is 58.3 Å². The lowest BCUT2D eigenvalue weighted by Gasteiger charge is -2.30. The molecule has 2 aromatic carbocycles.